The molecule has 0 aliphatic heterocycles. The first kappa shape index (κ1) is 14.7. The normalized spacial score (nSPS) is 11.4. The Morgan fingerprint density at radius 2 is 2.00 bits per heavy atom. The molecule has 0 atom stereocenters. The fourth-order valence-electron chi connectivity index (χ4n) is 1.45. The highest BCUT2D eigenvalue weighted by atomic mass is 35.5. The Bertz CT molecular complexity index is 655. The molecule has 20 heavy (non-hydrogen) atoms. The highest BCUT2D eigenvalue weighted by Crippen LogP contribution is 2.32. The van der Waals surface area contributed by atoms with Crippen molar-refractivity contribution in [3.63, 3.8) is 0 Å². The summed E-state index contributed by atoms with van der Waals surface area (Å²) < 4.78 is 37.9. The number of H-pyrrole nitrogens is 1. The molecule has 0 unspecified atom stereocenters. The van der Waals surface area contributed by atoms with Crippen LogP contribution in [0.25, 0.3) is 0 Å². The molecule has 1 aromatic heterocycles. The van der Waals surface area contributed by atoms with E-state index in [2.05, 4.69) is 10.4 Å². The molecule has 1 aromatic carbocycles. The molecule has 0 aliphatic carbocycles. The van der Waals surface area contributed by atoms with Gasteiger partial charge < -0.3 is 5.32 Å². The largest absolute Gasteiger partial charge is 0.420 e. The van der Waals surface area contributed by atoms with E-state index >= 15 is 0 Å². The number of aromatic nitrogens is 2. The molecular weight excluding hydrogens is 318 g/mol. The Hall–Kier alpha value is -1.73. The predicted octanol–water partition coefficient (Wildman–Crippen LogP) is 3.99. The smallest absolute Gasteiger partial charge is 0.319 e. The summed E-state index contributed by atoms with van der Waals surface area (Å²) in [5.41, 5.74) is -1.70. The zero-order valence-corrected chi connectivity index (χ0v) is 11.1. The van der Waals surface area contributed by atoms with Gasteiger partial charge in [0.05, 0.1) is 16.9 Å². The van der Waals surface area contributed by atoms with E-state index in [9.17, 15) is 18.0 Å². The van der Waals surface area contributed by atoms with Crippen LogP contribution in [0.5, 0.6) is 0 Å². The van der Waals surface area contributed by atoms with Crippen LogP contribution in [0.4, 0.5) is 18.9 Å². The average Bonchev–Trinajstić information content (AvgIpc) is 2.81. The van der Waals surface area contributed by atoms with E-state index in [-0.39, 0.29) is 10.7 Å². The molecule has 9 heteroatoms. The van der Waals surface area contributed by atoms with Crippen LogP contribution < -0.4 is 5.32 Å². The van der Waals surface area contributed by atoms with Crippen LogP contribution >= 0.6 is 23.2 Å². The topological polar surface area (TPSA) is 57.8 Å². The van der Waals surface area contributed by atoms with Gasteiger partial charge in [0.15, 0.2) is 0 Å². The van der Waals surface area contributed by atoms with Gasteiger partial charge in [-0.3, -0.25) is 9.89 Å². The third-order valence-electron chi connectivity index (χ3n) is 2.35. The van der Waals surface area contributed by atoms with Crippen molar-refractivity contribution < 1.29 is 18.0 Å². The van der Waals surface area contributed by atoms with Crippen molar-refractivity contribution in [3.05, 3.63) is 45.7 Å². The van der Waals surface area contributed by atoms with Crippen LogP contribution in [0.3, 0.4) is 0 Å². The van der Waals surface area contributed by atoms with E-state index in [0.29, 0.717) is 11.2 Å². The number of halogens is 5. The molecule has 0 bridgehead atoms. The second kappa shape index (κ2) is 5.34. The summed E-state index contributed by atoms with van der Waals surface area (Å²) in [4.78, 5) is 11.8. The van der Waals surface area contributed by atoms with E-state index < -0.39 is 23.3 Å². The second-order valence-electron chi connectivity index (χ2n) is 3.73. The molecule has 1 amide bonds. The van der Waals surface area contributed by atoms with Gasteiger partial charge >= 0.3 is 6.18 Å². The van der Waals surface area contributed by atoms with Gasteiger partial charge in [-0.1, -0.05) is 23.2 Å². The van der Waals surface area contributed by atoms with Crippen molar-refractivity contribution in [1.82, 2.24) is 10.2 Å². The first-order valence-corrected chi connectivity index (χ1v) is 5.91. The summed E-state index contributed by atoms with van der Waals surface area (Å²) in [5, 5.41) is 7.94. The minimum absolute atomic E-state index is 0.110. The van der Waals surface area contributed by atoms with Gasteiger partial charge in [-0.25, -0.2) is 0 Å². The molecule has 2 aromatic rings. The zero-order valence-electron chi connectivity index (χ0n) is 9.55. The lowest BCUT2D eigenvalue weighted by atomic mass is 10.2. The quantitative estimate of drug-likeness (QED) is 0.878. The first-order chi connectivity index (χ1) is 9.29. The average molecular weight is 324 g/mol. The number of anilines is 1. The van der Waals surface area contributed by atoms with Gasteiger partial charge in [0, 0.05) is 5.02 Å². The van der Waals surface area contributed by atoms with Gasteiger partial charge in [0.25, 0.3) is 5.91 Å². The maximum Gasteiger partial charge on any atom is 0.420 e. The van der Waals surface area contributed by atoms with Gasteiger partial charge in [-0.2, -0.15) is 18.3 Å². The van der Waals surface area contributed by atoms with Crippen LogP contribution in [0.2, 0.25) is 10.0 Å². The summed E-state index contributed by atoms with van der Waals surface area (Å²) in [6, 6.07) is 4.18. The summed E-state index contributed by atoms with van der Waals surface area (Å²) in [6.07, 6.45) is -4.14. The second-order valence-corrected chi connectivity index (χ2v) is 4.58. The number of aromatic amines is 1. The number of nitrogens with one attached hydrogen (secondary N) is 2. The fourth-order valence-corrected chi connectivity index (χ4v) is 1.91. The monoisotopic (exact) mass is 323 g/mol. The zero-order chi connectivity index (χ0) is 14.9. The van der Waals surface area contributed by atoms with Crippen LogP contribution in [0.1, 0.15) is 16.1 Å². The standard InChI is InChI=1S/C11H6Cl2F3N3O/c12-5-1-2-8(7(13)3-5)18-10(20)9-6(4-17-19-9)11(14,15)16/h1-4H,(H,17,19)(H,18,20). The Labute approximate surface area is 120 Å². The number of rotatable bonds is 2. The molecule has 2 N–H and O–H groups in total. The van der Waals surface area contributed by atoms with Crippen molar-refractivity contribution in [2.24, 2.45) is 0 Å². The molecule has 0 radical (unpaired) electrons. The number of amides is 1. The minimum atomic E-state index is -4.68. The third-order valence-corrected chi connectivity index (χ3v) is 2.90. The summed E-state index contributed by atoms with van der Waals surface area (Å²) in [5.74, 6) is -1.00. The molecule has 0 aliphatic rings. The number of hydrogen-bond acceptors (Lipinski definition) is 2. The highest BCUT2D eigenvalue weighted by Gasteiger charge is 2.37. The van der Waals surface area contributed by atoms with Crippen LogP contribution in [0, 0.1) is 0 Å². The Balaban J connectivity index is 2.27. The first-order valence-electron chi connectivity index (χ1n) is 5.16. The molecule has 1 heterocycles. The van der Waals surface area contributed by atoms with Crippen LogP contribution in [0.15, 0.2) is 24.4 Å². The van der Waals surface area contributed by atoms with E-state index in [1.165, 1.54) is 18.2 Å². The van der Waals surface area contributed by atoms with Crippen molar-refractivity contribution >= 4 is 34.8 Å². The maximum atomic E-state index is 12.6. The van der Waals surface area contributed by atoms with E-state index in [4.69, 9.17) is 23.2 Å². The Morgan fingerprint density at radius 3 is 2.60 bits per heavy atom. The lowest BCUT2D eigenvalue weighted by Crippen LogP contribution is -2.18. The van der Waals surface area contributed by atoms with Gasteiger partial charge in [0.2, 0.25) is 0 Å². The SMILES string of the molecule is O=C(Nc1ccc(Cl)cc1Cl)c1[nH]ncc1C(F)(F)F. The van der Waals surface area contributed by atoms with E-state index in [1.807, 2.05) is 5.10 Å². The molecule has 0 saturated carbocycles. The Kier molecular flexibility index (Phi) is 3.92. The lowest BCUT2D eigenvalue weighted by molar-refractivity contribution is -0.137. The molecule has 2 rings (SSSR count). The van der Waals surface area contributed by atoms with E-state index in [0.717, 1.165) is 0 Å². The molecule has 0 saturated heterocycles. The summed E-state index contributed by atoms with van der Waals surface area (Å²) in [7, 11) is 0. The summed E-state index contributed by atoms with van der Waals surface area (Å²) >= 11 is 11.5. The number of carbonyl (C=O) groups excluding carboxylic acids is 1. The number of nitrogens with zero attached hydrogens (tertiary/aromatic N) is 1. The predicted molar refractivity (Wildman–Crippen MR) is 68.0 cm³/mol. The van der Waals surface area contributed by atoms with Gasteiger partial charge in [-0.15, -0.1) is 0 Å². The third kappa shape index (κ3) is 3.05. The van der Waals surface area contributed by atoms with Crippen molar-refractivity contribution in [2.75, 3.05) is 5.32 Å². The number of benzene rings is 1. The maximum absolute atomic E-state index is 12.6. The minimum Gasteiger partial charge on any atom is -0.319 e. The number of hydrogen-bond donors (Lipinski definition) is 2. The van der Waals surface area contributed by atoms with Crippen molar-refractivity contribution in [3.8, 4) is 0 Å². The lowest BCUT2D eigenvalue weighted by Gasteiger charge is -2.09. The van der Waals surface area contributed by atoms with E-state index in [1.54, 1.807) is 0 Å². The Morgan fingerprint density at radius 1 is 1.30 bits per heavy atom. The number of alkyl halides is 3. The molecule has 0 fully saturated rings. The van der Waals surface area contributed by atoms with Crippen LogP contribution in [-0.2, 0) is 6.18 Å². The molecule has 4 nitrogen and oxygen atoms in total. The van der Waals surface area contributed by atoms with Crippen molar-refractivity contribution in [1.29, 1.82) is 0 Å². The highest BCUT2D eigenvalue weighted by molar-refractivity contribution is 6.36. The number of carbonyl (C=O) groups is 1. The van der Waals surface area contributed by atoms with Crippen LogP contribution in [-0.4, -0.2) is 16.1 Å². The molecule has 106 valence electrons. The van der Waals surface area contributed by atoms with Crippen molar-refractivity contribution in [2.45, 2.75) is 6.18 Å². The fraction of sp³-hybridized carbons (Fsp3) is 0.0909. The van der Waals surface area contributed by atoms with Gasteiger partial charge in [-0.05, 0) is 18.2 Å². The molecular formula is C11H6Cl2F3N3O. The van der Waals surface area contributed by atoms with Gasteiger partial charge in [0.1, 0.15) is 11.3 Å². The summed E-state index contributed by atoms with van der Waals surface area (Å²) in [6.45, 7) is 0. The molecule has 0 spiro atoms.